The maximum Gasteiger partial charge on any atom is 0.267 e. The molecule has 2 amide bonds. The van der Waals surface area contributed by atoms with Crippen LogP contribution in [0.5, 0.6) is 0 Å². The van der Waals surface area contributed by atoms with Crippen LogP contribution in [0.3, 0.4) is 0 Å². The van der Waals surface area contributed by atoms with Crippen molar-refractivity contribution in [1.82, 2.24) is 40.0 Å². The van der Waals surface area contributed by atoms with Crippen LogP contribution in [0.2, 0.25) is 0 Å². The van der Waals surface area contributed by atoms with E-state index in [0.29, 0.717) is 17.9 Å². The van der Waals surface area contributed by atoms with Crippen molar-refractivity contribution in [1.29, 1.82) is 0 Å². The van der Waals surface area contributed by atoms with Crippen LogP contribution in [0.15, 0.2) is 97.6 Å². The Kier molecular flexibility index (Phi) is 11.9. The fourth-order valence-electron chi connectivity index (χ4n) is 5.14. The summed E-state index contributed by atoms with van der Waals surface area (Å²) in [5.74, 6) is 0.164. The molecule has 0 saturated heterocycles. The number of imidazole rings is 2. The molecule has 6 aromatic rings. The Hall–Kier alpha value is -6.10. The molecule has 1 atom stereocenters. The fraction of sp³-hybridized carbons (Fsp3) is 0.143. The lowest BCUT2D eigenvalue weighted by atomic mass is 10.2. The maximum absolute atomic E-state index is 11.1. The third-order valence-corrected chi connectivity index (χ3v) is 7.42. The van der Waals surface area contributed by atoms with Crippen LogP contribution < -0.4 is 11.0 Å². The molecule has 0 bridgehead atoms. The number of carbonyl (C=O) groups is 2. The summed E-state index contributed by atoms with van der Waals surface area (Å²) in [6, 6.07) is 18.3. The van der Waals surface area contributed by atoms with Crippen LogP contribution in [0.1, 0.15) is 11.1 Å². The van der Waals surface area contributed by atoms with Gasteiger partial charge in [-0.05, 0) is 71.8 Å². The van der Waals surface area contributed by atoms with Crippen molar-refractivity contribution in [2.45, 2.75) is 19.2 Å². The Morgan fingerprint density at radius 1 is 0.700 bits per heavy atom. The summed E-state index contributed by atoms with van der Waals surface area (Å²) in [4.78, 5) is 39.5. The number of amides is 2. The second-order valence-electron chi connectivity index (χ2n) is 10.8. The number of hydroxylamine groups is 2. The van der Waals surface area contributed by atoms with Crippen LogP contribution in [0, 0.1) is 0 Å². The topological polar surface area (TPSA) is 221 Å². The molecule has 256 valence electrons. The second kappa shape index (κ2) is 16.8. The lowest BCUT2D eigenvalue weighted by Gasteiger charge is -2.12. The molecule has 0 saturated carbocycles. The summed E-state index contributed by atoms with van der Waals surface area (Å²) in [5.41, 5.74) is 9.43. The van der Waals surface area contributed by atoms with E-state index < -0.39 is 17.9 Å². The van der Waals surface area contributed by atoms with E-state index in [0.717, 1.165) is 44.6 Å². The van der Waals surface area contributed by atoms with E-state index in [4.69, 9.17) is 10.4 Å². The summed E-state index contributed by atoms with van der Waals surface area (Å²) in [7, 11) is 0. The summed E-state index contributed by atoms with van der Waals surface area (Å²) in [5, 5.41) is 45.5. The van der Waals surface area contributed by atoms with Crippen LogP contribution in [0.4, 0.5) is 0 Å². The third kappa shape index (κ3) is 8.48. The van der Waals surface area contributed by atoms with Gasteiger partial charge in [0.2, 0.25) is 0 Å². The average molecular weight is 679 g/mol. The van der Waals surface area contributed by atoms with Gasteiger partial charge < -0.3 is 24.5 Å². The number of nitrogens with zero attached hydrogens (tertiary/aromatic N) is 6. The van der Waals surface area contributed by atoms with E-state index in [2.05, 4.69) is 19.9 Å². The lowest BCUT2D eigenvalue weighted by molar-refractivity contribution is -0.124. The second-order valence-corrected chi connectivity index (χ2v) is 10.8. The molecule has 0 aliphatic heterocycles. The van der Waals surface area contributed by atoms with E-state index >= 15 is 0 Å². The highest BCUT2D eigenvalue weighted by Gasteiger charge is 2.16. The van der Waals surface area contributed by atoms with Crippen molar-refractivity contribution in [3.05, 3.63) is 109 Å². The maximum atomic E-state index is 11.1. The van der Waals surface area contributed by atoms with E-state index in [1.165, 1.54) is 17.6 Å². The minimum absolute atomic E-state index is 0.00185. The first-order valence-electron chi connectivity index (χ1n) is 15.3. The van der Waals surface area contributed by atoms with Crippen LogP contribution >= 0.6 is 0 Å². The molecule has 4 aromatic heterocycles. The normalized spacial score (nSPS) is 11.9. The Bertz CT molecular complexity index is 2130. The van der Waals surface area contributed by atoms with Crippen LogP contribution in [-0.2, 0) is 22.7 Å². The number of aliphatic hydroxyl groups is 3. The zero-order chi connectivity index (χ0) is 35.5. The molecule has 7 N–H and O–H groups in total. The number of hydrogen-bond acceptors (Lipinski definition) is 11. The molecule has 50 heavy (non-hydrogen) atoms. The van der Waals surface area contributed by atoms with Crippen molar-refractivity contribution in [3.63, 3.8) is 0 Å². The highest BCUT2D eigenvalue weighted by molar-refractivity contribution is 5.92. The molecule has 6 rings (SSSR count). The van der Waals surface area contributed by atoms with Gasteiger partial charge in [-0.25, -0.2) is 20.9 Å². The van der Waals surface area contributed by atoms with Gasteiger partial charge in [-0.3, -0.25) is 30.0 Å². The first kappa shape index (κ1) is 35.2. The van der Waals surface area contributed by atoms with E-state index in [1.807, 2.05) is 57.7 Å². The fourth-order valence-corrected chi connectivity index (χ4v) is 5.14. The molecule has 0 aliphatic carbocycles. The van der Waals surface area contributed by atoms with Crippen LogP contribution in [-0.4, -0.2) is 85.9 Å². The number of rotatable bonds is 11. The molecule has 0 radical (unpaired) electrons. The quantitative estimate of drug-likeness (QED) is 0.0600. The van der Waals surface area contributed by atoms with Gasteiger partial charge in [0.05, 0.1) is 47.9 Å². The van der Waals surface area contributed by atoms with Gasteiger partial charge in [0.25, 0.3) is 11.8 Å². The van der Waals surface area contributed by atoms with E-state index in [-0.39, 0.29) is 19.8 Å². The largest absolute Gasteiger partial charge is 0.395 e. The molecular weight excluding hydrogens is 644 g/mol. The van der Waals surface area contributed by atoms with Gasteiger partial charge in [-0.2, -0.15) is 0 Å². The van der Waals surface area contributed by atoms with Crippen molar-refractivity contribution in [3.8, 4) is 22.8 Å². The van der Waals surface area contributed by atoms with E-state index in [1.54, 1.807) is 54.6 Å². The number of benzene rings is 2. The average Bonchev–Trinajstić information content (AvgIpc) is 3.71. The summed E-state index contributed by atoms with van der Waals surface area (Å²) < 4.78 is 3.78. The Labute approximate surface area is 285 Å². The van der Waals surface area contributed by atoms with Gasteiger partial charge in [-0.1, -0.05) is 12.1 Å². The molecule has 0 fully saturated rings. The predicted molar refractivity (Wildman–Crippen MR) is 184 cm³/mol. The first-order valence-corrected chi connectivity index (χ1v) is 15.3. The van der Waals surface area contributed by atoms with E-state index in [9.17, 15) is 24.9 Å². The molecule has 15 nitrogen and oxygen atoms in total. The standard InChI is InChI=1S/C18H18N4O4.C17H16N4O3/c23-11-14(24)10-22-16-3-1-12(2-4-17(25)21-26)9-15(16)20-18(22)13-5-7-19-8-6-13;22-10-9-21-15-3-1-12(2-4-16(23)20-24)11-14(15)19-17(21)13-5-7-18-8-6-13/h1-9,14,23-24,26H,10-11H2,(H,21,25);1-8,11,22,24H,9-10H2,(H,20,23)/b2*4-2+. The molecule has 2 aromatic carbocycles. The third-order valence-electron chi connectivity index (χ3n) is 7.42. The molecule has 0 spiro atoms. The number of carbonyl (C=O) groups excluding carboxylic acids is 2. The number of nitrogens with one attached hydrogen (secondary N) is 2. The number of aliphatic hydroxyl groups excluding tert-OH is 3. The number of aromatic nitrogens is 6. The molecular formula is C35H34N8O7. The van der Waals surface area contributed by atoms with Crippen LogP contribution in [0.25, 0.3) is 57.0 Å². The lowest BCUT2D eigenvalue weighted by Crippen LogP contribution is -2.20. The Balaban J connectivity index is 0.000000195. The minimum Gasteiger partial charge on any atom is -0.395 e. The minimum atomic E-state index is -0.916. The number of pyridine rings is 2. The Morgan fingerprint density at radius 3 is 1.60 bits per heavy atom. The van der Waals surface area contributed by atoms with Gasteiger partial charge in [0.15, 0.2) is 0 Å². The SMILES string of the molecule is O=C(/C=C/c1ccc2c(c1)nc(-c1ccncc1)n2CC(O)CO)NO.O=C(/C=C/c1ccc2c(c1)nc(-c1ccncc1)n2CCO)NO. The monoisotopic (exact) mass is 678 g/mol. The van der Waals surface area contributed by atoms with Gasteiger partial charge in [-0.15, -0.1) is 0 Å². The van der Waals surface area contributed by atoms with Crippen molar-refractivity contribution in [2.75, 3.05) is 13.2 Å². The van der Waals surface area contributed by atoms with Crippen molar-refractivity contribution >= 4 is 46.0 Å². The zero-order valence-electron chi connectivity index (χ0n) is 26.5. The molecule has 1 unspecified atom stereocenters. The van der Waals surface area contributed by atoms with Gasteiger partial charge in [0.1, 0.15) is 11.6 Å². The summed E-state index contributed by atoms with van der Waals surface area (Å²) in [6.07, 6.45) is 11.4. The number of fused-ring (bicyclic) bond motifs is 2. The molecule has 4 heterocycles. The zero-order valence-corrected chi connectivity index (χ0v) is 26.5. The van der Waals surface area contributed by atoms with Crippen molar-refractivity contribution < 1.29 is 35.3 Å². The molecule has 0 aliphatic rings. The Morgan fingerprint density at radius 2 is 1.16 bits per heavy atom. The van der Waals surface area contributed by atoms with Gasteiger partial charge >= 0.3 is 0 Å². The van der Waals surface area contributed by atoms with Gasteiger partial charge in [0, 0.05) is 54.6 Å². The smallest absolute Gasteiger partial charge is 0.267 e. The summed E-state index contributed by atoms with van der Waals surface area (Å²) in [6.45, 7) is 0.261. The molecule has 15 heteroatoms. The summed E-state index contributed by atoms with van der Waals surface area (Å²) >= 11 is 0. The number of hydrogen-bond donors (Lipinski definition) is 7. The highest BCUT2D eigenvalue weighted by atomic mass is 16.5. The first-order chi connectivity index (χ1) is 24.3. The van der Waals surface area contributed by atoms with Crippen molar-refractivity contribution in [2.24, 2.45) is 0 Å². The predicted octanol–water partition coefficient (Wildman–Crippen LogP) is 2.58. The highest BCUT2D eigenvalue weighted by Crippen LogP contribution is 2.27.